The minimum absolute atomic E-state index is 0.0898. The van der Waals surface area contributed by atoms with E-state index in [2.05, 4.69) is 20.6 Å². The fourth-order valence-electron chi connectivity index (χ4n) is 1.06. The number of nitrogens with zero attached hydrogens (tertiary/aromatic N) is 4. The van der Waals surface area contributed by atoms with E-state index in [4.69, 9.17) is 5.84 Å². The van der Waals surface area contributed by atoms with Gasteiger partial charge in [0.25, 0.3) is 5.56 Å². The van der Waals surface area contributed by atoms with Gasteiger partial charge in [0.15, 0.2) is 0 Å². The molecule has 2 aromatic rings. The van der Waals surface area contributed by atoms with Gasteiger partial charge in [-0.1, -0.05) is 11.3 Å². The summed E-state index contributed by atoms with van der Waals surface area (Å²) in [6, 6.07) is 0. The van der Waals surface area contributed by atoms with E-state index in [1.807, 2.05) is 22.6 Å². The van der Waals surface area contributed by atoms with Gasteiger partial charge in [0.2, 0.25) is 5.13 Å². The van der Waals surface area contributed by atoms with Crippen LogP contribution < -0.4 is 16.8 Å². The largest absolute Gasteiger partial charge is 0.298 e. The quantitative estimate of drug-likeness (QED) is 0.461. The van der Waals surface area contributed by atoms with E-state index in [9.17, 15) is 4.79 Å². The van der Waals surface area contributed by atoms with E-state index >= 15 is 0 Å². The van der Waals surface area contributed by atoms with Crippen molar-refractivity contribution >= 4 is 39.1 Å². The van der Waals surface area contributed by atoms with E-state index < -0.39 is 0 Å². The summed E-state index contributed by atoms with van der Waals surface area (Å²) in [4.78, 5) is 15.6. The van der Waals surface area contributed by atoms with Gasteiger partial charge in [-0.2, -0.15) is 0 Å². The second-order valence-corrected chi connectivity index (χ2v) is 5.04. The molecule has 9 heteroatoms. The Morgan fingerprint density at radius 1 is 1.56 bits per heavy atom. The van der Waals surface area contributed by atoms with Crippen LogP contribution >= 0.6 is 33.9 Å². The van der Waals surface area contributed by atoms with Crippen LogP contribution in [-0.2, 0) is 6.54 Å². The van der Waals surface area contributed by atoms with Crippen molar-refractivity contribution in [2.45, 2.75) is 6.54 Å². The predicted molar refractivity (Wildman–Crippen MR) is 68.0 cm³/mol. The average molecular weight is 350 g/mol. The zero-order valence-corrected chi connectivity index (χ0v) is 10.9. The molecule has 0 aliphatic rings. The molecule has 0 saturated carbocycles. The molecule has 7 nitrogen and oxygen atoms in total. The Labute approximate surface area is 108 Å². The van der Waals surface area contributed by atoms with Crippen molar-refractivity contribution < 1.29 is 0 Å². The molecular formula is C7H7IN6OS. The summed E-state index contributed by atoms with van der Waals surface area (Å²) >= 11 is 3.24. The second kappa shape index (κ2) is 4.84. The van der Waals surface area contributed by atoms with Crippen molar-refractivity contribution in [2.75, 3.05) is 5.43 Å². The van der Waals surface area contributed by atoms with Crippen molar-refractivity contribution in [3.63, 3.8) is 0 Å². The Bertz CT molecular complexity index is 552. The van der Waals surface area contributed by atoms with Gasteiger partial charge in [-0.05, 0) is 22.6 Å². The predicted octanol–water partition coefficient (Wildman–Crippen LogP) is 0.0333. The number of hydrazine groups is 1. The van der Waals surface area contributed by atoms with Gasteiger partial charge in [0.05, 0.1) is 16.4 Å². The molecule has 0 bridgehead atoms. The molecule has 0 aliphatic carbocycles. The van der Waals surface area contributed by atoms with Gasteiger partial charge in [0.1, 0.15) is 5.01 Å². The van der Waals surface area contributed by atoms with Crippen LogP contribution in [0, 0.1) is 3.57 Å². The molecule has 0 aliphatic heterocycles. The van der Waals surface area contributed by atoms with Crippen LogP contribution in [0.25, 0.3) is 0 Å². The number of halogens is 1. The molecule has 0 fully saturated rings. The highest BCUT2D eigenvalue weighted by molar-refractivity contribution is 14.1. The van der Waals surface area contributed by atoms with Crippen LogP contribution in [0.5, 0.6) is 0 Å². The number of anilines is 1. The lowest BCUT2D eigenvalue weighted by molar-refractivity contribution is 0.718. The fraction of sp³-hybridized carbons (Fsp3) is 0.143. The van der Waals surface area contributed by atoms with E-state index in [0.717, 1.165) is 0 Å². The van der Waals surface area contributed by atoms with Crippen molar-refractivity contribution in [3.05, 3.63) is 31.5 Å². The van der Waals surface area contributed by atoms with Crippen LogP contribution in [-0.4, -0.2) is 19.7 Å². The van der Waals surface area contributed by atoms with Gasteiger partial charge in [0, 0.05) is 6.20 Å². The molecule has 0 spiro atoms. The Morgan fingerprint density at radius 3 is 3.06 bits per heavy atom. The summed E-state index contributed by atoms with van der Waals surface area (Å²) in [6.07, 6.45) is 2.99. The van der Waals surface area contributed by atoms with Gasteiger partial charge < -0.3 is 0 Å². The third-order valence-corrected chi connectivity index (χ3v) is 3.33. The molecule has 0 saturated heterocycles. The molecule has 0 aromatic carbocycles. The third-order valence-electron chi connectivity index (χ3n) is 1.76. The smallest absolute Gasteiger partial charge is 0.267 e. The third kappa shape index (κ3) is 2.36. The first-order valence-electron chi connectivity index (χ1n) is 4.19. The maximum Gasteiger partial charge on any atom is 0.267 e. The lowest BCUT2D eigenvalue weighted by Gasteiger charge is -2.00. The fourth-order valence-corrected chi connectivity index (χ4v) is 2.18. The minimum Gasteiger partial charge on any atom is -0.298 e. The van der Waals surface area contributed by atoms with Gasteiger partial charge in [-0.3, -0.25) is 14.8 Å². The minimum atomic E-state index is -0.0898. The zero-order chi connectivity index (χ0) is 11.5. The summed E-state index contributed by atoms with van der Waals surface area (Å²) in [5.74, 6) is 5.19. The summed E-state index contributed by atoms with van der Waals surface area (Å²) in [6.45, 7) is 0.349. The SMILES string of the molecule is NNc1nnc(Cn2cncc(I)c2=O)s1. The Balaban J connectivity index is 2.27. The zero-order valence-electron chi connectivity index (χ0n) is 7.92. The molecule has 2 rings (SSSR count). The van der Waals surface area contributed by atoms with Crippen LogP contribution in [0.1, 0.15) is 5.01 Å². The lowest BCUT2D eigenvalue weighted by Crippen LogP contribution is -2.22. The molecule has 0 atom stereocenters. The lowest BCUT2D eigenvalue weighted by atomic mass is 10.6. The van der Waals surface area contributed by atoms with Crippen molar-refractivity contribution in [1.29, 1.82) is 0 Å². The maximum absolute atomic E-state index is 11.7. The number of hydrogen-bond acceptors (Lipinski definition) is 7. The van der Waals surface area contributed by atoms with Crippen molar-refractivity contribution in [3.8, 4) is 0 Å². The van der Waals surface area contributed by atoms with Crippen molar-refractivity contribution in [1.82, 2.24) is 19.7 Å². The van der Waals surface area contributed by atoms with Gasteiger partial charge >= 0.3 is 0 Å². The molecule has 84 valence electrons. The molecule has 16 heavy (non-hydrogen) atoms. The molecule has 0 amide bonds. The first-order valence-corrected chi connectivity index (χ1v) is 6.09. The first-order chi connectivity index (χ1) is 7.70. The number of hydrogen-bond donors (Lipinski definition) is 2. The number of nitrogens with two attached hydrogens (primary N) is 1. The van der Waals surface area contributed by atoms with Crippen LogP contribution in [0.3, 0.4) is 0 Å². The first kappa shape index (κ1) is 11.4. The average Bonchev–Trinajstić information content (AvgIpc) is 2.73. The normalized spacial score (nSPS) is 10.4. The standard InChI is InChI=1S/C7H7IN6OS/c8-4-1-10-3-14(6(4)15)2-5-12-13-7(11-9)16-5/h1,3H,2,9H2,(H,11,13). The van der Waals surface area contributed by atoms with Crippen LogP contribution in [0.2, 0.25) is 0 Å². The molecule has 0 unspecified atom stereocenters. The van der Waals surface area contributed by atoms with E-state index in [1.165, 1.54) is 28.4 Å². The Morgan fingerprint density at radius 2 is 2.38 bits per heavy atom. The Kier molecular flexibility index (Phi) is 3.46. The highest BCUT2D eigenvalue weighted by atomic mass is 127. The highest BCUT2D eigenvalue weighted by Crippen LogP contribution is 2.13. The molecule has 3 N–H and O–H groups in total. The van der Waals surface area contributed by atoms with E-state index in [1.54, 1.807) is 0 Å². The van der Waals surface area contributed by atoms with Crippen molar-refractivity contribution in [2.24, 2.45) is 5.84 Å². The summed E-state index contributed by atoms with van der Waals surface area (Å²) < 4.78 is 2.05. The van der Waals surface area contributed by atoms with E-state index in [0.29, 0.717) is 20.3 Å². The molecule has 2 aromatic heterocycles. The molecule has 0 radical (unpaired) electrons. The summed E-state index contributed by atoms with van der Waals surface area (Å²) in [5, 5.41) is 8.88. The summed E-state index contributed by atoms with van der Waals surface area (Å²) in [5.41, 5.74) is 2.31. The highest BCUT2D eigenvalue weighted by Gasteiger charge is 2.06. The van der Waals surface area contributed by atoms with E-state index in [-0.39, 0.29) is 5.56 Å². The molecule has 2 heterocycles. The number of rotatable bonds is 3. The number of nitrogens with one attached hydrogen (secondary N) is 1. The van der Waals surface area contributed by atoms with Crippen LogP contribution in [0.4, 0.5) is 5.13 Å². The summed E-state index contributed by atoms with van der Waals surface area (Å²) in [7, 11) is 0. The molecular weight excluding hydrogens is 343 g/mol. The Hall–Kier alpha value is -1.07. The monoisotopic (exact) mass is 350 g/mol. The van der Waals surface area contributed by atoms with Gasteiger partial charge in [-0.15, -0.1) is 10.2 Å². The number of aromatic nitrogens is 4. The number of nitrogen functional groups attached to an aromatic ring is 1. The van der Waals surface area contributed by atoms with Gasteiger partial charge in [-0.25, -0.2) is 10.8 Å². The maximum atomic E-state index is 11.7. The second-order valence-electron chi connectivity index (χ2n) is 2.82. The van der Waals surface area contributed by atoms with Crippen LogP contribution in [0.15, 0.2) is 17.3 Å². The topological polar surface area (TPSA) is 98.7 Å².